The van der Waals surface area contributed by atoms with Crippen LogP contribution in [0.5, 0.6) is 5.75 Å². The number of rotatable bonds is 9. The predicted molar refractivity (Wildman–Crippen MR) is 144 cm³/mol. The van der Waals surface area contributed by atoms with Crippen molar-refractivity contribution in [3.05, 3.63) is 50.6 Å². The van der Waals surface area contributed by atoms with Gasteiger partial charge in [0.2, 0.25) is 5.91 Å². The zero-order valence-corrected chi connectivity index (χ0v) is 23.9. The van der Waals surface area contributed by atoms with Crippen LogP contribution in [0.25, 0.3) is 0 Å². The number of amides is 2. The molecule has 1 unspecified atom stereocenters. The van der Waals surface area contributed by atoms with Gasteiger partial charge in [-0.15, -0.1) is 21.5 Å². The highest BCUT2D eigenvalue weighted by Gasteiger charge is 2.27. The van der Waals surface area contributed by atoms with Gasteiger partial charge in [0.15, 0.2) is 17.1 Å². The Morgan fingerprint density at radius 3 is 2.57 bits per heavy atom. The van der Waals surface area contributed by atoms with Crippen molar-refractivity contribution in [3.63, 3.8) is 0 Å². The number of nitrogens with one attached hydrogen (secondary N) is 1. The second-order valence-electron chi connectivity index (χ2n) is 8.36. The monoisotopic (exact) mass is 565 g/mol. The Morgan fingerprint density at radius 2 is 1.95 bits per heavy atom. The summed E-state index contributed by atoms with van der Waals surface area (Å²) in [6, 6.07) is 5.38. The van der Waals surface area contributed by atoms with Gasteiger partial charge in [-0.3, -0.25) is 9.59 Å². The van der Waals surface area contributed by atoms with E-state index < -0.39 is 12.1 Å². The highest BCUT2D eigenvalue weighted by atomic mass is 35.5. The second kappa shape index (κ2) is 12.0. The number of methoxy groups -OCH3 is 1. The van der Waals surface area contributed by atoms with Gasteiger partial charge in [-0.1, -0.05) is 23.4 Å². The van der Waals surface area contributed by atoms with E-state index in [4.69, 9.17) is 21.1 Å². The lowest BCUT2D eigenvalue weighted by Gasteiger charge is -2.16. The molecule has 3 aromatic rings. The lowest BCUT2D eigenvalue weighted by Crippen LogP contribution is -2.21. The molecular weight excluding hydrogens is 538 g/mol. The van der Waals surface area contributed by atoms with Gasteiger partial charge in [0.1, 0.15) is 10.8 Å². The molecule has 0 aliphatic carbocycles. The zero-order chi connectivity index (χ0) is 27.4. The fourth-order valence-corrected chi connectivity index (χ4v) is 5.62. The first-order chi connectivity index (χ1) is 17.4. The molecule has 0 radical (unpaired) electrons. The fourth-order valence-electron chi connectivity index (χ4n) is 3.44. The van der Waals surface area contributed by atoms with Crippen LogP contribution < -0.4 is 10.1 Å². The third-order valence-electron chi connectivity index (χ3n) is 5.39. The highest BCUT2D eigenvalue weighted by molar-refractivity contribution is 7.99. The maximum atomic E-state index is 12.8. The molecule has 198 valence electrons. The van der Waals surface area contributed by atoms with E-state index in [0.717, 1.165) is 16.9 Å². The molecule has 1 atom stereocenters. The minimum atomic E-state index is -0.627. The summed E-state index contributed by atoms with van der Waals surface area (Å²) in [6.45, 7) is 5.42. The first-order valence-electron chi connectivity index (χ1n) is 11.1. The zero-order valence-electron chi connectivity index (χ0n) is 21.5. The average Bonchev–Trinajstić information content (AvgIpc) is 3.37. The molecule has 0 bridgehead atoms. The van der Waals surface area contributed by atoms with E-state index >= 15 is 0 Å². The third kappa shape index (κ3) is 6.43. The fraction of sp³-hybridized carbons (Fsp3) is 0.375. The summed E-state index contributed by atoms with van der Waals surface area (Å²) in [6.07, 6.45) is -0.398. The summed E-state index contributed by atoms with van der Waals surface area (Å²) < 4.78 is 12.7. The van der Waals surface area contributed by atoms with Crippen molar-refractivity contribution in [2.75, 3.05) is 32.3 Å². The first kappa shape index (κ1) is 28.5. The van der Waals surface area contributed by atoms with E-state index in [1.165, 1.54) is 23.8 Å². The highest BCUT2D eigenvalue weighted by Crippen LogP contribution is 2.35. The maximum Gasteiger partial charge on any atom is 0.341 e. The summed E-state index contributed by atoms with van der Waals surface area (Å²) in [7, 11) is 6.28. The molecule has 0 spiro atoms. The van der Waals surface area contributed by atoms with E-state index in [0.29, 0.717) is 32.2 Å². The number of aromatic nitrogens is 3. The molecule has 0 saturated heterocycles. The number of carbonyl (C=O) groups is 3. The minimum Gasteiger partial charge on any atom is -0.482 e. The number of thioether (sulfide) groups is 1. The summed E-state index contributed by atoms with van der Waals surface area (Å²) in [5.74, 6) is 0.0215. The number of nitrogens with zero attached hydrogens (tertiary/aromatic N) is 4. The topological polar surface area (TPSA) is 116 Å². The molecule has 10 nitrogen and oxygen atoms in total. The van der Waals surface area contributed by atoms with Crippen LogP contribution in [0.4, 0.5) is 5.00 Å². The number of benzene rings is 1. The smallest absolute Gasteiger partial charge is 0.341 e. The summed E-state index contributed by atoms with van der Waals surface area (Å²) in [4.78, 5) is 39.4. The molecule has 37 heavy (non-hydrogen) atoms. The average molecular weight is 566 g/mol. The molecule has 2 amide bonds. The second-order valence-corrected chi connectivity index (χ2v) is 10.8. The number of halogens is 1. The maximum absolute atomic E-state index is 12.8. The largest absolute Gasteiger partial charge is 0.482 e. The van der Waals surface area contributed by atoms with Crippen LogP contribution in [-0.2, 0) is 16.6 Å². The quantitative estimate of drug-likeness (QED) is 0.298. The van der Waals surface area contributed by atoms with E-state index in [-0.39, 0.29) is 28.1 Å². The van der Waals surface area contributed by atoms with E-state index in [2.05, 4.69) is 15.5 Å². The molecule has 3 rings (SSSR count). The number of ether oxygens (including phenoxy) is 2. The molecule has 13 heteroatoms. The molecule has 0 saturated carbocycles. The van der Waals surface area contributed by atoms with Gasteiger partial charge in [-0.05, 0) is 50.1 Å². The molecule has 2 heterocycles. The number of hydrogen-bond donors (Lipinski definition) is 1. The predicted octanol–water partition coefficient (Wildman–Crippen LogP) is 4.51. The van der Waals surface area contributed by atoms with Crippen LogP contribution >= 0.6 is 34.7 Å². The van der Waals surface area contributed by atoms with Crippen molar-refractivity contribution in [3.8, 4) is 5.75 Å². The Balaban J connectivity index is 1.70. The molecule has 1 aromatic carbocycles. The number of thiophene rings is 1. The standard InChI is InChI=1S/C24H28ClN5O5S2/c1-12-10-15(25)8-9-16(12)35-14(3)20-27-28-24(30(20)6)36-11-17(31)26-21-18(23(33)34-7)13(2)19(37-21)22(32)29(4)5/h8-10,14H,11H2,1-7H3,(H,26,31). The Morgan fingerprint density at radius 1 is 1.24 bits per heavy atom. The Bertz CT molecular complexity index is 1340. The van der Waals surface area contributed by atoms with Crippen LogP contribution in [0.2, 0.25) is 5.02 Å². The summed E-state index contributed by atoms with van der Waals surface area (Å²) in [5, 5.41) is 12.6. The molecular formula is C24H28ClN5O5S2. The van der Waals surface area contributed by atoms with Crippen LogP contribution in [0.15, 0.2) is 23.4 Å². The van der Waals surface area contributed by atoms with Crippen LogP contribution in [0.3, 0.4) is 0 Å². The number of carbonyl (C=O) groups excluding carboxylic acids is 3. The van der Waals surface area contributed by atoms with Crippen molar-refractivity contribution >= 4 is 57.5 Å². The van der Waals surface area contributed by atoms with Crippen molar-refractivity contribution in [2.24, 2.45) is 7.05 Å². The summed E-state index contributed by atoms with van der Waals surface area (Å²) >= 11 is 8.24. The Labute approximate surface area is 228 Å². The van der Waals surface area contributed by atoms with Crippen molar-refractivity contribution < 1.29 is 23.9 Å². The van der Waals surface area contributed by atoms with Gasteiger partial charge < -0.3 is 24.3 Å². The SMILES string of the molecule is COC(=O)c1c(NC(=O)CSc2nnc(C(C)Oc3ccc(Cl)cc3C)n2C)sc(C(=O)N(C)C)c1C. The molecule has 0 aliphatic heterocycles. The van der Waals surface area contributed by atoms with Gasteiger partial charge in [0.05, 0.1) is 23.3 Å². The molecule has 2 aromatic heterocycles. The molecule has 0 aliphatic rings. The van der Waals surface area contributed by atoms with E-state index in [1.54, 1.807) is 44.8 Å². The summed E-state index contributed by atoms with van der Waals surface area (Å²) in [5.41, 5.74) is 1.53. The molecule has 0 fully saturated rings. The van der Waals surface area contributed by atoms with Crippen LogP contribution in [0.1, 0.15) is 50.0 Å². The van der Waals surface area contributed by atoms with Crippen molar-refractivity contribution in [1.82, 2.24) is 19.7 Å². The Kier molecular flexibility index (Phi) is 9.21. The van der Waals surface area contributed by atoms with Crippen molar-refractivity contribution in [1.29, 1.82) is 0 Å². The third-order valence-corrected chi connectivity index (χ3v) is 7.85. The van der Waals surface area contributed by atoms with Gasteiger partial charge in [0.25, 0.3) is 5.91 Å². The number of esters is 1. The Hall–Kier alpha value is -3.09. The van der Waals surface area contributed by atoms with Gasteiger partial charge >= 0.3 is 5.97 Å². The van der Waals surface area contributed by atoms with E-state index in [9.17, 15) is 14.4 Å². The minimum absolute atomic E-state index is 0.00598. The van der Waals surface area contributed by atoms with Crippen molar-refractivity contribution in [2.45, 2.75) is 32.0 Å². The molecule has 1 N–H and O–H groups in total. The van der Waals surface area contributed by atoms with E-state index in [1.807, 2.05) is 19.9 Å². The van der Waals surface area contributed by atoms with Gasteiger partial charge in [-0.2, -0.15) is 0 Å². The number of hydrogen-bond acceptors (Lipinski definition) is 9. The van der Waals surface area contributed by atoms with Gasteiger partial charge in [0, 0.05) is 26.2 Å². The lowest BCUT2D eigenvalue weighted by molar-refractivity contribution is -0.113. The van der Waals surface area contributed by atoms with Crippen LogP contribution in [0, 0.1) is 13.8 Å². The lowest BCUT2D eigenvalue weighted by atomic mass is 10.1. The first-order valence-corrected chi connectivity index (χ1v) is 13.3. The number of aryl methyl sites for hydroxylation is 1. The van der Waals surface area contributed by atoms with Gasteiger partial charge in [-0.25, -0.2) is 4.79 Å². The number of anilines is 1. The normalized spacial score (nSPS) is 11.7. The van der Waals surface area contributed by atoms with Crippen LogP contribution in [-0.4, -0.2) is 64.4 Å².